The number of hydrogen-bond acceptors (Lipinski definition) is 2. The summed E-state index contributed by atoms with van der Waals surface area (Å²) in [6.45, 7) is 2.54. The lowest BCUT2D eigenvalue weighted by Gasteiger charge is -2.43. The fourth-order valence-corrected chi connectivity index (χ4v) is 4.13. The van der Waals surface area contributed by atoms with Crippen molar-refractivity contribution in [2.24, 2.45) is 17.3 Å². The zero-order chi connectivity index (χ0) is 14.9. The summed E-state index contributed by atoms with van der Waals surface area (Å²) in [7, 11) is 0. The Morgan fingerprint density at radius 2 is 2.19 bits per heavy atom. The fourth-order valence-electron chi connectivity index (χ4n) is 4.13. The van der Waals surface area contributed by atoms with Crippen LogP contribution in [-0.2, 0) is 11.2 Å². The van der Waals surface area contributed by atoms with Crippen molar-refractivity contribution in [3.63, 3.8) is 0 Å². The number of benzene rings is 1. The van der Waals surface area contributed by atoms with E-state index in [9.17, 15) is 9.90 Å². The second-order valence-corrected chi connectivity index (χ2v) is 6.67. The standard InChI is InChI=1S/C18H24O3/c1-2-13-6-5-8-15(10-13)18(17(19)20)11-14-7-3-4-9-16(14)21-12-18/h3-4,7,9,13,15H,2,5-6,8,10-12H2,1H3,(H,19,20). The minimum absolute atomic E-state index is 0.238. The first-order valence-corrected chi connectivity index (χ1v) is 8.10. The number of fused-ring (bicyclic) bond motifs is 1. The molecule has 114 valence electrons. The van der Waals surface area contributed by atoms with Crippen LogP contribution in [0.25, 0.3) is 0 Å². The van der Waals surface area contributed by atoms with Crippen LogP contribution in [0, 0.1) is 17.3 Å². The molecular formula is C18H24O3. The second-order valence-electron chi connectivity index (χ2n) is 6.67. The number of aliphatic carboxylic acids is 1. The lowest BCUT2D eigenvalue weighted by Crippen LogP contribution is -2.49. The van der Waals surface area contributed by atoms with E-state index in [1.807, 2.05) is 24.3 Å². The van der Waals surface area contributed by atoms with Crippen molar-refractivity contribution >= 4 is 5.97 Å². The first kappa shape index (κ1) is 14.4. The zero-order valence-electron chi connectivity index (χ0n) is 12.7. The lowest BCUT2D eigenvalue weighted by molar-refractivity contribution is -0.158. The van der Waals surface area contributed by atoms with Crippen LogP contribution in [0.2, 0.25) is 0 Å². The van der Waals surface area contributed by atoms with Crippen LogP contribution in [-0.4, -0.2) is 17.7 Å². The van der Waals surface area contributed by atoms with E-state index in [1.165, 1.54) is 6.42 Å². The predicted octanol–water partition coefficient (Wildman–Crippen LogP) is 3.91. The van der Waals surface area contributed by atoms with Gasteiger partial charge in [-0.1, -0.05) is 44.4 Å². The number of carboxylic acids is 1. The Morgan fingerprint density at radius 3 is 2.95 bits per heavy atom. The Hall–Kier alpha value is -1.51. The van der Waals surface area contributed by atoms with Gasteiger partial charge in [-0.15, -0.1) is 0 Å². The molecule has 1 heterocycles. The third-order valence-electron chi connectivity index (χ3n) is 5.53. The second kappa shape index (κ2) is 5.70. The van der Waals surface area contributed by atoms with Gasteiger partial charge in [0.05, 0.1) is 0 Å². The van der Waals surface area contributed by atoms with Gasteiger partial charge in [0.2, 0.25) is 0 Å². The molecule has 0 aromatic heterocycles. The van der Waals surface area contributed by atoms with Gasteiger partial charge in [-0.2, -0.15) is 0 Å². The van der Waals surface area contributed by atoms with Gasteiger partial charge in [0.25, 0.3) is 0 Å². The highest BCUT2D eigenvalue weighted by Crippen LogP contribution is 2.47. The normalized spacial score (nSPS) is 32.0. The van der Waals surface area contributed by atoms with Crippen molar-refractivity contribution in [3.05, 3.63) is 29.8 Å². The summed E-state index contributed by atoms with van der Waals surface area (Å²) in [5, 5.41) is 9.95. The van der Waals surface area contributed by atoms with Crippen LogP contribution < -0.4 is 4.74 Å². The maximum atomic E-state index is 12.1. The molecule has 1 fully saturated rings. The van der Waals surface area contributed by atoms with Crippen LogP contribution in [0.4, 0.5) is 0 Å². The van der Waals surface area contributed by atoms with Crippen molar-refractivity contribution < 1.29 is 14.6 Å². The Bertz CT molecular complexity index is 525. The highest BCUT2D eigenvalue weighted by molar-refractivity contribution is 5.76. The van der Waals surface area contributed by atoms with Crippen molar-refractivity contribution in [3.8, 4) is 5.75 Å². The lowest BCUT2D eigenvalue weighted by atomic mass is 9.63. The molecule has 3 nitrogen and oxygen atoms in total. The number of para-hydroxylation sites is 1. The van der Waals surface area contributed by atoms with Crippen molar-refractivity contribution in [2.75, 3.05) is 6.61 Å². The van der Waals surface area contributed by atoms with Gasteiger partial charge in [-0.05, 0) is 42.7 Å². The van der Waals surface area contributed by atoms with Gasteiger partial charge in [-0.3, -0.25) is 4.79 Å². The highest BCUT2D eigenvalue weighted by atomic mass is 16.5. The van der Waals surface area contributed by atoms with E-state index >= 15 is 0 Å². The number of ether oxygens (including phenoxy) is 1. The van der Waals surface area contributed by atoms with Gasteiger partial charge in [0, 0.05) is 0 Å². The summed E-state index contributed by atoms with van der Waals surface area (Å²) in [5.74, 6) is 1.09. The van der Waals surface area contributed by atoms with Gasteiger partial charge >= 0.3 is 5.97 Å². The van der Waals surface area contributed by atoms with Gasteiger partial charge in [0.1, 0.15) is 17.8 Å². The molecule has 21 heavy (non-hydrogen) atoms. The van der Waals surface area contributed by atoms with Gasteiger partial charge < -0.3 is 9.84 Å². The number of hydrogen-bond donors (Lipinski definition) is 1. The summed E-state index contributed by atoms with van der Waals surface area (Å²) in [6, 6.07) is 7.86. The Labute approximate surface area is 126 Å². The topological polar surface area (TPSA) is 46.5 Å². The molecule has 0 bridgehead atoms. The first-order chi connectivity index (χ1) is 10.2. The van der Waals surface area contributed by atoms with Crippen molar-refractivity contribution in [1.29, 1.82) is 0 Å². The molecule has 3 unspecified atom stereocenters. The van der Waals surface area contributed by atoms with Crippen molar-refractivity contribution in [1.82, 2.24) is 0 Å². The highest BCUT2D eigenvalue weighted by Gasteiger charge is 2.50. The number of rotatable bonds is 3. The molecule has 0 radical (unpaired) electrons. The zero-order valence-corrected chi connectivity index (χ0v) is 12.7. The van der Waals surface area contributed by atoms with Crippen LogP contribution in [0.1, 0.15) is 44.6 Å². The maximum absolute atomic E-state index is 12.1. The van der Waals surface area contributed by atoms with E-state index in [0.29, 0.717) is 18.9 Å². The molecule has 0 spiro atoms. The molecule has 1 N–H and O–H groups in total. The van der Waals surface area contributed by atoms with Crippen LogP contribution in [0.15, 0.2) is 24.3 Å². The van der Waals surface area contributed by atoms with Gasteiger partial charge in [0.15, 0.2) is 0 Å². The molecule has 3 heteroatoms. The smallest absolute Gasteiger partial charge is 0.313 e. The quantitative estimate of drug-likeness (QED) is 0.917. The molecule has 0 saturated heterocycles. The summed E-state index contributed by atoms with van der Waals surface area (Å²) in [4.78, 5) is 12.1. The SMILES string of the molecule is CCC1CCCC(C2(C(=O)O)COc3ccccc3C2)C1. The Kier molecular flexibility index (Phi) is 3.92. The predicted molar refractivity (Wildman–Crippen MR) is 81.4 cm³/mol. The van der Waals surface area contributed by atoms with E-state index < -0.39 is 11.4 Å². The third-order valence-corrected chi connectivity index (χ3v) is 5.53. The molecule has 0 amide bonds. The van der Waals surface area contributed by atoms with Crippen LogP contribution in [0.3, 0.4) is 0 Å². The fraction of sp³-hybridized carbons (Fsp3) is 0.611. The molecule has 2 aliphatic rings. The number of carboxylic acid groups (broad SMARTS) is 1. The van der Waals surface area contributed by atoms with E-state index in [1.54, 1.807) is 0 Å². The van der Waals surface area contributed by atoms with E-state index in [0.717, 1.165) is 37.0 Å². The Balaban J connectivity index is 1.89. The average molecular weight is 288 g/mol. The molecule has 1 aromatic carbocycles. The maximum Gasteiger partial charge on any atom is 0.313 e. The summed E-state index contributed by atoms with van der Waals surface area (Å²) in [6.07, 6.45) is 6.23. The third kappa shape index (κ3) is 2.54. The molecule has 1 aromatic rings. The van der Waals surface area contributed by atoms with E-state index in [-0.39, 0.29) is 5.92 Å². The van der Waals surface area contributed by atoms with E-state index in [4.69, 9.17) is 4.74 Å². The average Bonchev–Trinajstić information content (AvgIpc) is 2.54. The molecule has 1 aliphatic heterocycles. The van der Waals surface area contributed by atoms with Crippen LogP contribution >= 0.6 is 0 Å². The van der Waals surface area contributed by atoms with Gasteiger partial charge in [-0.25, -0.2) is 0 Å². The summed E-state index contributed by atoms with van der Waals surface area (Å²) >= 11 is 0. The molecule has 1 aliphatic carbocycles. The molecule has 3 atom stereocenters. The molecule has 3 rings (SSSR count). The minimum atomic E-state index is -0.734. The minimum Gasteiger partial charge on any atom is -0.492 e. The monoisotopic (exact) mass is 288 g/mol. The Morgan fingerprint density at radius 1 is 1.38 bits per heavy atom. The largest absolute Gasteiger partial charge is 0.492 e. The number of carbonyl (C=O) groups is 1. The van der Waals surface area contributed by atoms with Crippen molar-refractivity contribution in [2.45, 2.75) is 45.4 Å². The summed E-state index contributed by atoms with van der Waals surface area (Å²) < 4.78 is 5.84. The van der Waals surface area contributed by atoms with E-state index in [2.05, 4.69) is 6.92 Å². The summed E-state index contributed by atoms with van der Waals surface area (Å²) in [5.41, 5.74) is 0.312. The molecular weight excluding hydrogens is 264 g/mol. The molecule has 1 saturated carbocycles. The van der Waals surface area contributed by atoms with Crippen LogP contribution in [0.5, 0.6) is 5.75 Å². The first-order valence-electron chi connectivity index (χ1n) is 8.10.